The molecule has 5 aromatic rings. The third-order valence-corrected chi connectivity index (χ3v) is 5.15. The van der Waals surface area contributed by atoms with E-state index in [4.69, 9.17) is 4.74 Å². The standard InChI is InChI=1S/C24H18O2/c1-2-6-21(25)26-20-14-13-16-9-4-11-18-17-10-3-7-15-8-5-12-19(22(15)17)24(20)23(16)18/h3-5,7-14H,2,6H2,1H3. The van der Waals surface area contributed by atoms with Crippen LogP contribution < -0.4 is 4.74 Å². The van der Waals surface area contributed by atoms with Crippen molar-refractivity contribution in [3.63, 3.8) is 0 Å². The van der Waals surface area contributed by atoms with E-state index in [0.717, 1.165) is 17.2 Å². The Bertz CT molecular complexity index is 1280. The number of hydrogen-bond donors (Lipinski definition) is 0. The lowest BCUT2D eigenvalue weighted by molar-refractivity contribution is -0.134. The van der Waals surface area contributed by atoms with Crippen LogP contribution in [0.1, 0.15) is 19.8 Å². The highest BCUT2D eigenvalue weighted by Gasteiger charge is 2.17. The summed E-state index contributed by atoms with van der Waals surface area (Å²) in [6, 6.07) is 23.1. The maximum atomic E-state index is 12.2. The van der Waals surface area contributed by atoms with Crippen LogP contribution in [0.25, 0.3) is 43.1 Å². The summed E-state index contributed by atoms with van der Waals surface area (Å²) < 4.78 is 5.78. The van der Waals surface area contributed by atoms with Crippen LogP contribution in [0, 0.1) is 0 Å². The van der Waals surface area contributed by atoms with Crippen molar-refractivity contribution in [2.75, 3.05) is 0 Å². The Kier molecular flexibility index (Phi) is 3.32. The van der Waals surface area contributed by atoms with Gasteiger partial charge in [-0.2, -0.15) is 0 Å². The number of ether oxygens (including phenoxy) is 1. The zero-order valence-corrected chi connectivity index (χ0v) is 14.6. The maximum Gasteiger partial charge on any atom is 0.311 e. The van der Waals surface area contributed by atoms with Gasteiger partial charge in [0.1, 0.15) is 5.75 Å². The first-order valence-corrected chi connectivity index (χ1v) is 9.07. The van der Waals surface area contributed by atoms with Gasteiger partial charge in [0.25, 0.3) is 0 Å². The van der Waals surface area contributed by atoms with Crippen molar-refractivity contribution >= 4 is 49.1 Å². The summed E-state index contributed by atoms with van der Waals surface area (Å²) >= 11 is 0. The van der Waals surface area contributed by atoms with E-state index in [1.165, 1.54) is 32.3 Å². The van der Waals surface area contributed by atoms with Gasteiger partial charge in [-0.05, 0) is 44.8 Å². The molecular weight excluding hydrogens is 320 g/mol. The van der Waals surface area contributed by atoms with Gasteiger partial charge in [0.15, 0.2) is 0 Å². The second-order valence-corrected chi connectivity index (χ2v) is 6.78. The first-order valence-electron chi connectivity index (χ1n) is 9.07. The summed E-state index contributed by atoms with van der Waals surface area (Å²) in [6.45, 7) is 1.99. The quantitative estimate of drug-likeness (QED) is 0.164. The van der Waals surface area contributed by atoms with Crippen molar-refractivity contribution in [3.05, 3.63) is 66.7 Å². The zero-order valence-electron chi connectivity index (χ0n) is 14.6. The average Bonchev–Trinajstić information content (AvgIpc) is 2.66. The summed E-state index contributed by atoms with van der Waals surface area (Å²) in [7, 11) is 0. The summed E-state index contributed by atoms with van der Waals surface area (Å²) in [6.07, 6.45) is 1.21. The lowest BCUT2D eigenvalue weighted by atomic mass is 9.89. The Morgan fingerprint density at radius 1 is 0.731 bits per heavy atom. The lowest BCUT2D eigenvalue weighted by Gasteiger charge is -2.16. The molecule has 0 saturated carbocycles. The molecule has 0 aliphatic rings. The molecule has 0 spiro atoms. The van der Waals surface area contributed by atoms with Crippen molar-refractivity contribution in [2.45, 2.75) is 19.8 Å². The monoisotopic (exact) mass is 338 g/mol. The number of carbonyl (C=O) groups is 1. The molecule has 0 aliphatic heterocycles. The molecule has 0 aliphatic carbocycles. The third kappa shape index (κ3) is 2.08. The number of rotatable bonds is 3. The molecule has 0 bridgehead atoms. The Hall–Kier alpha value is -3.13. The topological polar surface area (TPSA) is 26.3 Å². The molecule has 0 aromatic heterocycles. The average molecular weight is 338 g/mol. The van der Waals surface area contributed by atoms with Crippen molar-refractivity contribution in [2.24, 2.45) is 0 Å². The number of fused-ring (bicyclic) bond motifs is 2. The smallest absolute Gasteiger partial charge is 0.311 e. The molecule has 0 fully saturated rings. The van der Waals surface area contributed by atoms with Gasteiger partial charge in [-0.15, -0.1) is 0 Å². The number of esters is 1. The number of benzene rings is 5. The van der Waals surface area contributed by atoms with Crippen LogP contribution in [0.2, 0.25) is 0 Å². The van der Waals surface area contributed by atoms with Crippen LogP contribution >= 0.6 is 0 Å². The van der Waals surface area contributed by atoms with E-state index in [9.17, 15) is 4.79 Å². The highest BCUT2D eigenvalue weighted by atomic mass is 16.5. The van der Waals surface area contributed by atoms with Gasteiger partial charge in [-0.1, -0.05) is 67.6 Å². The van der Waals surface area contributed by atoms with Crippen molar-refractivity contribution < 1.29 is 9.53 Å². The Morgan fingerprint density at radius 3 is 2.04 bits per heavy atom. The molecule has 0 amide bonds. The highest BCUT2D eigenvalue weighted by Crippen LogP contribution is 2.43. The summed E-state index contributed by atoms with van der Waals surface area (Å²) in [4.78, 5) is 12.2. The van der Waals surface area contributed by atoms with E-state index in [2.05, 4.69) is 54.6 Å². The molecule has 126 valence electrons. The molecular formula is C24H18O2. The van der Waals surface area contributed by atoms with Crippen LogP contribution in [-0.2, 0) is 4.79 Å². The van der Waals surface area contributed by atoms with Gasteiger partial charge in [0.05, 0.1) is 0 Å². The lowest BCUT2D eigenvalue weighted by Crippen LogP contribution is -2.07. The minimum absolute atomic E-state index is 0.174. The predicted octanol–water partition coefficient (Wildman–Crippen LogP) is 6.44. The molecule has 2 nitrogen and oxygen atoms in total. The van der Waals surface area contributed by atoms with E-state index >= 15 is 0 Å². The first-order chi connectivity index (χ1) is 12.8. The fraction of sp³-hybridized carbons (Fsp3) is 0.125. The second-order valence-electron chi connectivity index (χ2n) is 6.78. The fourth-order valence-electron chi connectivity index (χ4n) is 4.09. The highest BCUT2D eigenvalue weighted by molar-refractivity contribution is 6.34. The summed E-state index contributed by atoms with van der Waals surface area (Å²) in [5, 5.41) is 9.39. The van der Waals surface area contributed by atoms with Gasteiger partial charge in [-0.25, -0.2) is 0 Å². The van der Waals surface area contributed by atoms with E-state index in [1.807, 2.05) is 19.1 Å². The van der Waals surface area contributed by atoms with E-state index < -0.39 is 0 Å². The van der Waals surface area contributed by atoms with Gasteiger partial charge in [-0.3, -0.25) is 4.79 Å². The fourth-order valence-corrected chi connectivity index (χ4v) is 4.09. The largest absolute Gasteiger partial charge is 0.426 e. The molecule has 0 heterocycles. The normalized spacial score (nSPS) is 11.7. The van der Waals surface area contributed by atoms with E-state index in [0.29, 0.717) is 12.2 Å². The van der Waals surface area contributed by atoms with Crippen molar-refractivity contribution in [3.8, 4) is 5.75 Å². The van der Waals surface area contributed by atoms with Gasteiger partial charge in [0, 0.05) is 17.2 Å². The third-order valence-electron chi connectivity index (χ3n) is 5.15. The number of hydrogen-bond acceptors (Lipinski definition) is 2. The van der Waals surface area contributed by atoms with E-state index in [1.54, 1.807) is 0 Å². The minimum atomic E-state index is -0.174. The van der Waals surface area contributed by atoms with E-state index in [-0.39, 0.29) is 5.97 Å². The maximum absolute atomic E-state index is 12.2. The summed E-state index contributed by atoms with van der Waals surface area (Å²) in [5.41, 5.74) is 0. The Morgan fingerprint density at radius 2 is 1.35 bits per heavy atom. The Balaban J connectivity index is 1.99. The molecule has 0 radical (unpaired) electrons. The van der Waals surface area contributed by atoms with Crippen LogP contribution in [0.5, 0.6) is 5.75 Å². The molecule has 0 N–H and O–H groups in total. The van der Waals surface area contributed by atoms with Crippen LogP contribution in [0.15, 0.2) is 66.7 Å². The van der Waals surface area contributed by atoms with Gasteiger partial charge in [0.2, 0.25) is 0 Å². The molecule has 0 atom stereocenters. The minimum Gasteiger partial charge on any atom is -0.426 e. The van der Waals surface area contributed by atoms with Crippen molar-refractivity contribution in [1.29, 1.82) is 0 Å². The first kappa shape index (κ1) is 15.2. The van der Waals surface area contributed by atoms with Crippen LogP contribution in [0.3, 0.4) is 0 Å². The number of carbonyl (C=O) groups excluding carboxylic acids is 1. The van der Waals surface area contributed by atoms with Gasteiger partial charge >= 0.3 is 5.97 Å². The molecule has 2 heteroatoms. The van der Waals surface area contributed by atoms with Gasteiger partial charge < -0.3 is 4.74 Å². The predicted molar refractivity (Wildman–Crippen MR) is 108 cm³/mol. The zero-order chi connectivity index (χ0) is 17.7. The van der Waals surface area contributed by atoms with Crippen LogP contribution in [-0.4, -0.2) is 5.97 Å². The molecule has 5 rings (SSSR count). The SMILES string of the molecule is CCCC(=O)Oc1ccc2cccc3c4cccc5cccc(c1c23)c54. The Labute approximate surface area is 151 Å². The summed E-state index contributed by atoms with van der Waals surface area (Å²) in [5.74, 6) is 0.483. The molecule has 0 saturated heterocycles. The molecule has 5 aromatic carbocycles. The molecule has 0 unspecified atom stereocenters. The van der Waals surface area contributed by atoms with Crippen LogP contribution in [0.4, 0.5) is 0 Å². The van der Waals surface area contributed by atoms with Crippen molar-refractivity contribution in [1.82, 2.24) is 0 Å². The molecule has 26 heavy (non-hydrogen) atoms. The second kappa shape index (κ2) is 5.70.